The van der Waals surface area contributed by atoms with Crippen molar-refractivity contribution in [2.45, 2.75) is 58.0 Å². The first-order valence-electron chi connectivity index (χ1n) is 11.2. The fraction of sp³-hybridized carbons (Fsp3) is 0.462. The van der Waals surface area contributed by atoms with E-state index in [1.54, 1.807) is 12.3 Å². The van der Waals surface area contributed by atoms with Crippen LogP contribution >= 0.6 is 0 Å². The number of aryl methyl sites for hydroxylation is 2. The monoisotopic (exact) mass is 441 g/mol. The molecule has 0 radical (unpaired) electrons. The van der Waals surface area contributed by atoms with E-state index in [9.17, 15) is 23.1 Å². The van der Waals surface area contributed by atoms with Gasteiger partial charge in [0, 0.05) is 12.4 Å². The average Bonchev–Trinajstić information content (AvgIpc) is 3.10. The Kier molecular flexibility index (Phi) is 4.77. The van der Waals surface area contributed by atoms with Gasteiger partial charge in [-0.15, -0.1) is 0 Å². The van der Waals surface area contributed by atoms with Crippen LogP contribution in [0.4, 0.5) is 13.2 Å². The smallest absolute Gasteiger partial charge is 0.417 e. The number of hydrogen-bond acceptors (Lipinski definition) is 2. The van der Waals surface area contributed by atoms with Crippen molar-refractivity contribution in [2.24, 2.45) is 17.3 Å². The molecule has 1 fully saturated rings. The molecule has 0 bridgehead atoms. The van der Waals surface area contributed by atoms with Crippen LogP contribution in [0, 0.1) is 24.2 Å². The molecule has 1 aromatic carbocycles. The SMILES string of the molecule is Cc1cc(C(=O)O)cc2c1[C@H]1CC[C@]3(C)C(c4cncc(C(F)(F)F)c4)=CC[C@H]3[C@@H]1CC2. The molecular formula is C26H26F3NO2. The second-order valence-corrected chi connectivity index (χ2v) is 9.86. The van der Waals surface area contributed by atoms with Crippen LogP contribution in [0.5, 0.6) is 0 Å². The van der Waals surface area contributed by atoms with E-state index in [-0.39, 0.29) is 5.41 Å². The van der Waals surface area contributed by atoms with Crippen LogP contribution in [-0.2, 0) is 12.6 Å². The molecule has 1 heterocycles. The Bertz CT molecular complexity index is 1140. The number of aromatic carboxylic acids is 1. The van der Waals surface area contributed by atoms with E-state index in [2.05, 4.69) is 18.0 Å². The summed E-state index contributed by atoms with van der Waals surface area (Å²) in [4.78, 5) is 15.4. The fourth-order valence-electron chi connectivity index (χ4n) is 6.86. The van der Waals surface area contributed by atoms with Gasteiger partial charge in [0.1, 0.15) is 0 Å². The molecule has 1 aromatic heterocycles. The van der Waals surface area contributed by atoms with Gasteiger partial charge in [-0.2, -0.15) is 13.2 Å². The molecule has 0 saturated heterocycles. The van der Waals surface area contributed by atoms with Crippen molar-refractivity contribution < 1.29 is 23.1 Å². The van der Waals surface area contributed by atoms with Gasteiger partial charge >= 0.3 is 12.1 Å². The van der Waals surface area contributed by atoms with Gasteiger partial charge in [0.05, 0.1) is 11.1 Å². The van der Waals surface area contributed by atoms with Crippen molar-refractivity contribution >= 4 is 11.5 Å². The number of allylic oxidation sites excluding steroid dienone is 2. The number of fused-ring (bicyclic) bond motifs is 5. The number of nitrogens with zero attached hydrogens (tertiary/aromatic N) is 1. The zero-order chi connectivity index (χ0) is 22.8. The van der Waals surface area contributed by atoms with Crippen LogP contribution < -0.4 is 0 Å². The normalized spacial score (nSPS) is 29.0. The first kappa shape index (κ1) is 21.2. The Morgan fingerprint density at radius 1 is 1.19 bits per heavy atom. The number of carboxylic acid groups (broad SMARTS) is 1. The Morgan fingerprint density at radius 2 is 1.97 bits per heavy atom. The van der Waals surface area contributed by atoms with E-state index in [1.807, 2.05) is 13.0 Å². The lowest BCUT2D eigenvalue weighted by molar-refractivity contribution is -0.137. The molecule has 0 spiro atoms. The molecule has 4 atom stereocenters. The molecule has 3 nitrogen and oxygen atoms in total. The summed E-state index contributed by atoms with van der Waals surface area (Å²) in [5.74, 6) is 0.307. The van der Waals surface area contributed by atoms with Crippen molar-refractivity contribution in [1.29, 1.82) is 0 Å². The molecule has 3 aliphatic carbocycles. The summed E-state index contributed by atoms with van der Waals surface area (Å²) in [6, 6.07) is 4.86. The number of carbonyl (C=O) groups is 1. The molecule has 0 amide bonds. The minimum absolute atomic E-state index is 0.167. The van der Waals surface area contributed by atoms with Crippen molar-refractivity contribution in [2.75, 3.05) is 0 Å². The minimum atomic E-state index is -4.40. The molecular weight excluding hydrogens is 415 g/mol. The summed E-state index contributed by atoms with van der Waals surface area (Å²) in [5.41, 5.74) is 4.58. The maximum absolute atomic E-state index is 13.3. The Balaban J connectivity index is 1.48. The summed E-state index contributed by atoms with van der Waals surface area (Å²) in [6.45, 7) is 4.22. The van der Waals surface area contributed by atoms with Gasteiger partial charge in [0.25, 0.3) is 0 Å². The van der Waals surface area contributed by atoms with Gasteiger partial charge in [0.2, 0.25) is 0 Å². The highest BCUT2D eigenvalue weighted by Crippen LogP contribution is 2.63. The van der Waals surface area contributed by atoms with Gasteiger partial charge < -0.3 is 5.11 Å². The van der Waals surface area contributed by atoms with E-state index >= 15 is 0 Å². The van der Waals surface area contributed by atoms with Crippen LogP contribution in [0.2, 0.25) is 0 Å². The van der Waals surface area contributed by atoms with Crippen molar-refractivity contribution in [3.05, 3.63) is 70.0 Å². The van der Waals surface area contributed by atoms with Crippen molar-refractivity contribution in [1.82, 2.24) is 4.98 Å². The number of pyridine rings is 1. The largest absolute Gasteiger partial charge is 0.478 e. The van der Waals surface area contributed by atoms with Crippen molar-refractivity contribution in [3.8, 4) is 0 Å². The third kappa shape index (κ3) is 3.18. The van der Waals surface area contributed by atoms with Crippen LogP contribution in [-0.4, -0.2) is 16.1 Å². The Hall–Kier alpha value is -2.63. The topological polar surface area (TPSA) is 50.2 Å². The number of carboxylic acids is 1. The highest BCUT2D eigenvalue weighted by atomic mass is 19.4. The fourth-order valence-corrected chi connectivity index (χ4v) is 6.86. The molecule has 168 valence electrons. The summed E-state index contributed by atoms with van der Waals surface area (Å²) in [7, 11) is 0. The molecule has 0 aliphatic heterocycles. The maximum Gasteiger partial charge on any atom is 0.417 e. The predicted molar refractivity (Wildman–Crippen MR) is 115 cm³/mol. The van der Waals surface area contributed by atoms with E-state index < -0.39 is 17.7 Å². The second kappa shape index (κ2) is 7.19. The lowest BCUT2D eigenvalue weighted by atomic mass is 9.53. The van der Waals surface area contributed by atoms with Gasteiger partial charge in [-0.05, 0) is 108 Å². The number of rotatable bonds is 2. The lowest BCUT2D eigenvalue weighted by Crippen LogP contribution is -2.41. The molecule has 2 aromatic rings. The molecule has 3 aliphatic rings. The van der Waals surface area contributed by atoms with Crippen molar-refractivity contribution in [3.63, 3.8) is 0 Å². The number of alkyl halides is 3. The van der Waals surface area contributed by atoms with E-state index in [4.69, 9.17) is 0 Å². The Morgan fingerprint density at radius 3 is 2.69 bits per heavy atom. The highest BCUT2D eigenvalue weighted by molar-refractivity contribution is 5.88. The summed E-state index contributed by atoms with van der Waals surface area (Å²) >= 11 is 0. The van der Waals surface area contributed by atoms with E-state index in [1.165, 1.54) is 11.6 Å². The van der Waals surface area contributed by atoms with Gasteiger partial charge in [0.15, 0.2) is 0 Å². The van der Waals surface area contributed by atoms with E-state index in [0.717, 1.165) is 55.0 Å². The molecule has 1 N–H and O–H groups in total. The number of benzene rings is 1. The quantitative estimate of drug-likeness (QED) is 0.567. The van der Waals surface area contributed by atoms with Gasteiger partial charge in [-0.25, -0.2) is 4.79 Å². The molecule has 32 heavy (non-hydrogen) atoms. The van der Waals surface area contributed by atoms with E-state index in [0.29, 0.717) is 28.9 Å². The van der Waals surface area contributed by atoms with Gasteiger partial charge in [-0.1, -0.05) is 13.0 Å². The maximum atomic E-state index is 13.3. The number of hydrogen-bond donors (Lipinski definition) is 1. The number of halogens is 3. The molecule has 0 unspecified atom stereocenters. The average molecular weight is 441 g/mol. The van der Waals surface area contributed by atoms with Crippen LogP contribution in [0.1, 0.15) is 76.7 Å². The standard InChI is InChI=1S/C26H26F3NO2/c1-14-9-16(24(31)32)10-15-3-4-19-20(23(14)15)7-8-25(2)21(5-6-22(19)25)17-11-18(13-30-12-17)26(27,28)29/h5,9-13,19-20,22H,3-4,6-8H2,1-2H3,(H,31,32)/t19-,20+,22+,25-/m1/s1. The third-order valence-electron chi connectivity index (χ3n) is 8.23. The first-order valence-corrected chi connectivity index (χ1v) is 11.2. The third-order valence-corrected chi connectivity index (χ3v) is 8.23. The van der Waals surface area contributed by atoms with Gasteiger partial charge in [-0.3, -0.25) is 4.98 Å². The molecule has 5 rings (SSSR count). The predicted octanol–water partition coefficient (Wildman–Crippen LogP) is 6.66. The molecule has 1 saturated carbocycles. The zero-order valence-electron chi connectivity index (χ0n) is 18.2. The first-order chi connectivity index (χ1) is 15.1. The summed E-state index contributed by atoms with van der Waals surface area (Å²) < 4.78 is 39.8. The molecule has 6 heteroatoms. The zero-order valence-corrected chi connectivity index (χ0v) is 18.2. The summed E-state index contributed by atoms with van der Waals surface area (Å²) in [6.07, 6.45) is 4.76. The second-order valence-electron chi connectivity index (χ2n) is 9.86. The highest BCUT2D eigenvalue weighted by Gasteiger charge is 2.52. The number of aromatic nitrogens is 1. The summed E-state index contributed by atoms with van der Waals surface area (Å²) in [5, 5.41) is 9.43. The van der Waals surface area contributed by atoms with Crippen LogP contribution in [0.3, 0.4) is 0 Å². The van der Waals surface area contributed by atoms with Crippen LogP contribution in [0.25, 0.3) is 5.57 Å². The van der Waals surface area contributed by atoms with Crippen LogP contribution in [0.15, 0.2) is 36.7 Å². The lowest BCUT2D eigenvalue weighted by Gasteiger charge is -2.51. The minimum Gasteiger partial charge on any atom is -0.478 e. The Labute approximate surface area is 185 Å².